The van der Waals surface area contributed by atoms with E-state index in [4.69, 9.17) is 5.73 Å². The van der Waals surface area contributed by atoms with E-state index in [1.807, 2.05) is 0 Å². The van der Waals surface area contributed by atoms with Gasteiger partial charge in [-0.3, -0.25) is 4.79 Å². The van der Waals surface area contributed by atoms with Crippen LogP contribution in [0.4, 0.5) is 4.39 Å². The van der Waals surface area contributed by atoms with Gasteiger partial charge in [-0.15, -0.1) is 0 Å². The standard InChI is InChI=1S/C13H14FN3O3S/c14-12-8-11(4-3-10(12)2-1-5-15)21(19,20)17-7-6-16-13(18)9-17/h3-4,8H,5-7,9,15H2,(H,16,18). The van der Waals surface area contributed by atoms with Crippen molar-refractivity contribution in [2.75, 3.05) is 26.2 Å². The van der Waals surface area contributed by atoms with Crippen LogP contribution in [0, 0.1) is 17.7 Å². The molecule has 1 fully saturated rings. The minimum Gasteiger partial charge on any atom is -0.354 e. The Bertz CT molecular complexity index is 722. The van der Waals surface area contributed by atoms with Crippen molar-refractivity contribution in [1.29, 1.82) is 0 Å². The van der Waals surface area contributed by atoms with Gasteiger partial charge in [-0.25, -0.2) is 12.8 Å². The molecule has 8 heteroatoms. The SMILES string of the molecule is NCC#Cc1ccc(S(=O)(=O)N2CCNC(=O)C2)cc1F. The van der Waals surface area contributed by atoms with Crippen LogP contribution in [0.3, 0.4) is 0 Å². The molecule has 0 aliphatic carbocycles. The van der Waals surface area contributed by atoms with E-state index < -0.39 is 15.8 Å². The van der Waals surface area contributed by atoms with Gasteiger partial charge in [0.05, 0.1) is 23.5 Å². The molecule has 1 aliphatic heterocycles. The lowest BCUT2D eigenvalue weighted by atomic mass is 10.2. The molecule has 0 saturated carbocycles. The molecule has 0 bridgehead atoms. The van der Waals surface area contributed by atoms with Gasteiger partial charge in [0.25, 0.3) is 0 Å². The number of nitrogens with one attached hydrogen (secondary N) is 1. The van der Waals surface area contributed by atoms with Crippen molar-refractivity contribution in [3.8, 4) is 11.8 Å². The van der Waals surface area contributed by atoms with E-state index in [9.17, 15) is 17.6 Å². The zero-order chi connectivity index (χ0) is 15.5. The lowest BCUT2D eigenvalue weighted by molar-refractivity contribution is -0.122. The summed E-state index contributed by atoms with van der Waals surface area (Å²) >= 11 is 0. The molecule has 0 unspecified atom stereocenters. The number of rotatable bonds is 2. The summed E-state index contributed by atoms with van der Waals surface area (Å²) in [5.41, 5.74) is 5.28. The highest BCUT2D eigenvalue weighted by atomic mass is 32.2. The van der Waals surface area contributed by atoms with Gasteiger partial charge in [-0.05, 0) is 18.2 Å². The van der Waals surface area contributed by atoms with Gasteiger partial charge < -0.3 is 11.1 Å². The predicted molar refractivity (Wildman–Crippen MR) is 74.1 cm³/mol. The van der Waals surface area contributed by atoms with E-state index in [-0.39, 0.29) is 42.5 Å². The Kier molecular flexibility index (Phi) is 4.57. The molecule has 1 aromatic carbocycles. The molecule has 1 amide bonds. The van der Waals surface area contributed by atoms with Gasteiger partial charge in [0.1, 0.15) is 5.82 Å². The number of piperazine rings is 1. The second kappa shape index (κ2) is 6.22. The van der Waals surface area contributed by atoms with Gasteiger partial charge in [0, 0.05) is 13.1 Å². The minimum absolute atomic E-state index is 0.0794. The number of nitrogens with two attached hydrogens (primary N) is 1. The Morgan fingerprint density at radius 2 is 2.19 bits per heavy atom. The Morgan fingerprint density at radius 1 is 1.43 bits per heavy atom. The molecule has 0 radical (unpaired) electrons. The van der Waals surface area contributed by atoms with Gasteiger partial charge in [-0.2, -0.15) is 4.31 Å². The van der Waals surface area contributed by atoms with Gasteiger partial charge in [0.2, 0.25) is 15.9 Å². The Hall–Kier alpha value is -1.95. The molecule has 0 aromatic heterocycles. The first kappa shape index (κ1) is 15.4. The first-order valence-electron chi connectivity index (χ1n) is 6.20. The van der Waals surface area contributed by atoms with E-state index in [0.717, 1.165) is 10.4 Å². The molecule has 2 rings (SSSR count). The maximum Gasteiger partial charge on any atom is 0.243 e. The van der Waals surface area contributed by atoms with E-state index in [1.165, 1.54) is 12.1 Å². The summed E-state index contributed by atoms with van der Waals surface area (Å²) < 4.78 is 39.5. The van der Waals surface area contributed by atoms with Crippen molar-refractivity contribution in [2.45, 2.75) is 4.90 Å². The lowest BCUT2D eigenvalue weighted by Gasteiger charge is -2.25. The van der Waals surface area contributed by atoms with Crippen LogP contribution in [0.15, 0.2) is 23.1 Å². The highest BCUT2D eigenvalue weighted by molar-refractivity contribution is 7.89. The fourth-order valence-electron chi connectivity index (χ4n) is 1.87. The Balaban J connectivity index is 2.32. The summed E-state index contributed by atoms with van der Waals surface area (Å²) in [5.74, 6) is 3.90. The number of carbonyl (C=O) groups excluding carboxylic acids is 1. The number of hydrogen-bond acceptors (Lipinski definition) is 4. The summed E-state index contributed by atoms with van der Waals surface area (Å²) in [7, 11) is -3.90. The second-order valence-corrected chi connectivity index (χ2v) is 6.27. The Labute approximate surface area is 122 Å². The van der Waals surface area contributed by atoms with E-state index >= 15 is 0 Å². The largest absolute Gasteiger partial charge is 0.354 e. The summed E-state index contributed by atoms with van der Waals surface area (Å²) in [4.78, 5) is 11.1. The molecule has 1 saturated heterocycles. The van der Waals surface area contributed by atoms with Crippen LogP contribution in [0.25, 0.3) is 0 Å². The minimum atomic E-state index is -3.90. The second-order valence-electron chi connectivity index (χ2n) is 4.34. The molecule has 0 atom stereocenters. The first-order valence-corrected chi connectivity index (χ1v) is 7.64. The zero-order valence-corrected chi connectivity index (χ0v) is 11.9. The first-order chi connectivity index (χ1) is 9.95. The van der Waals surface area contributed by atoms with Gasteiger partial charge in [-0.1, -0.05) is 11.8 Å². The van der Waals surface area contributed by atoms with Crippen molar-refractivity contribution < 1.29 is 17.6 Å². The monoisotopic (exact) mass is 311 g/mol. The van der Waals surface area contributed by atoms with E-state index in [2.05, 4.69) is 17.2 Å². The predicted octanol–water partition coefficient (Wildman–Crippen LogP) is -0.744. The normalized spacial score (nSPS) is 16.0. The maximum atomic E-state index is 13.8. The number of nitrogens with zero attached hydrogens (tertiary/aromatic N) is 1. The molecule has 3 N–H and O–H groups in total. The number of amides is 1. The fraction of sp³-hybridized carbons (Fsp3) is 0.308. The highest BCUT2D eigenvalue weighted by Gasteiger charge is 2.29. The fourth-order valence-corrected chi connectivity index (χ4v) is 3.28. The zero-order valence-electron chi connectivity index (χ0n) is 11.1. The average molecular weight is 311 g/mol. The van der Waals surface area contributed by atoms with Crippen molar-refractivity contribution >= 4 is 15.9 Å². The summed E-state index contributed by atoms with van der Waals surface area (Å²) in [6.07, 6.45) is 0. The summed E-state index contributed by atoms with van der Waals surface area (Å²) in [5, 5.41) is 2.53. The average Bonchev–Trinajstić information content (AvgIpc) is 2.46. The molecule has 6 nitrogen and oxygen atoms in total. The van der Waals surface area contributed by atoms with E-state index in [1.54, 1.807) is 0 Å². The number of hydrogen-bond donors (Lipinski definition) is 2. The molecular formula is C13H14FN3O3S. The van der Waals surface area contributed by atoms with Crippen LogP contribution < -0.4 is 11.1 Å². The van der Waals surface area contributed by atoms with Crippen molar-refractivity contribution in [1.82, 2.24) is 9.62 Å². The molecule has 1 heterocycles. The summed E-state index contributed by atoms with van der Waals surface area (Å²) in [6, 6.07) is 3.46. The smallest absolute Gasteiger partial charge is 0.243 e. The quantitative estimate of drug-likeness (QED) is 0.703. The summed E-state index contributed by atoms with van der Waals surface area (Å²) in [6.45, 7) is 0.214. The lowest BCUT2D eigenvalue weighted by Crippen LogP contribution is -2.49. The van der Waals surface area contributed by atoms with Crippen molar-refractivity contribution in [3.05, 3.63) is 29.6 Å². The van der Waals surface area contributed by atoms with Crippen LogP contribution in [0.1, 0.15) is 5.56 Å². The number of halogens is 1. The topological polar surface area (TPSA) is 92.5 Å². The van der Waals surface area contributed by atoms with Gasteiger partial charge >= 0.3 is 0 Å². The number of sulfonamides is 1. The third kappa shape index (κ3) is 3.39. The Morgan fingerprint density at radius 3 is 2.81 bits per heavy atom. The van der Waals surface area contributed by atoms with Crippen LogP contribution in [-0.4, -0.2) is 44.8 Å². The van der Waals surface area contributed by atoms with E-state index in [0.29, 0.717) is 0 Å². The molecule has 1 aromatic rings. The van der Waals surface area contributed by atoms with Gasteiger partial charge in [0.15, 0.2) is 0 Å². The molecular weight excluding hydrogens is 297 g/mol. The van der Waals surface area contributed by atoms with Crippen LogP contribution >= 0.6 is 0 Å². The molecule has 112 valence electrons. The third-order valence-electron chi connectivity index (χ3n) is 2.91. The van der Waals surface area contributed by atoms with Crippen LogP contribution in [-0.2, 0) is 14.8 Å². The molecule has 21 heavy (non-hydrogen) atoms. The molecule has 0 spiro atoms. The number of carbonyl (C=O) groups is 1. The van der Waals surface area contributed by atoms with Crippen molar-refractivity contribution in [3.63, 3.8) is 0 Å². The highest BCUT2D eigenvalue weighted by Crippen LogP contribution is 2.19. The van der Waals surface area contributed by atoms with Crippen LogP contribution in [0.2, 0.25) is 0 Å². The van der Waals surface area contributed by atoms with Crippen LogP contribution in [0.5, 0.6) is 0 Å². The molecule has 1 aliphatic rings. The maximum absolute atomic E-state index is 13.8. The third-order valence-corrected chi connectivity index (χ3v) is 4.75. The van der Waals surface area contributed by atoms with Crippen molar-refractivity contribution in [2.24, 2.45) is 5.73 Å². The number of benzene rings is 1.